The number of nitrogens with zero attached hydrogens (tertiary/aromatic N) is 1. The molecule has 17 heavy (non-hydrogen) atoms. The van der Waals surface area contributed by atoms with Gasteiger partial charge in [-0.3, -0.25) is 9.59 Å². The van der Waals surface area contributed by atoms with Gasteiger partial charge < -0.3 is 10.1 Å². The maximum atomic E-state index is 11.2. The van der Waals surface area contributed by atoms with E-state index in [1.54, 1.807) is 6.92 Å². The number of hydrogen-bond donors (Lipinski definition) is 2. The summed E-state index contributed by atoms with van der Waals surface area (Å²) in [5.74, 6) is -0.0557. The van der Waals surface area contributed by atoms with E-state index in [1.165, 1.54) is 17.8 Å². The van der Waals surface area contributed by atoms with Gasteiger partial charge in [-0.15, -0.1) is 0 Å². The number of rotatable bonds is 5. The first kappa shape index (κ1) is 12.2. The van der Waals surface area contributed by atoms with Crippen molar-refractivity contribution in [1.29, 1.82) is 0 Å². The maximum absolute atomic E-state index is 11.2. The van der Waals surface area contributed by atoms with Crippen molar-refractivity contribution in [3.8, 4) is 0 Å². The molecule has 1 aromatic rings. The van der Waals surface area contributed by atoms with Gasteiger partial charge in [0.25, 0.3) is 5.56 Å². The zero-order valence-electron chi connectivity index (χ0n) is 9.52. The first-order valence-electron chi connectivity index (χ1n) is 5.42. The molecule has 2 rings (SSSR count). The van der Waals surface area contributed by atoms with Gasteiger partial charge in [0.1, 0.15) is 0 Å². The average Bonchev–Trinajstić information content (AvgIpc) is 2.93. The third-order valence-corrected chi connectivity index (χ3v) is 4.07. The summed E-state index contributed by atoms with van der Waals surface area (Å²) in [5, 5.41) is 9.37. The van der Waals surface area contributed by atoms with Gasteiger partial charge in [-0.1, -0.05) is 11.8 Å². The molecule has 1 heterocycles. The Labute approximate surface area is 103 Å². The molecule has 1 fully saturated rings. The van der Waals surface area contributed by atoms with Crippen molar-refractivity contribution in [3.05, 3.63) is 22.1 Å². The molecule has 92 valence electrons. The lowest BCUT2D eigenvalue weighted by Gasteiger charge is -2.10. The van der Waals surface area contributed by atoms with Crippen molar-refractivity contribution in [3.63, 3.8) is 0 Å². The van der Waals surface area contributed by atoms with Crippen LogP contribution < -0.4 is 5.56 Å². The van der Waals surface area contributed by atoms with Crippen LogP contribution in [0.4, 0.5) is 0 Å². The lowest BCUT2D eigenvalue weighted by molar-refractivity contribution is -0.138. The first-order chi connectivity index (χ1) is 7.99. The molecule has 0 radical (unpaired) electrons. The fourth-order valence-corrected chi connectivity index (χ4v) is 2.93. The van der Waals surface area contributed by atoms with E-state index in [9.17, 15) is 9.59 Å². The van der Waals surface area contributed by atoms with Crippen molar-refractivity contribution in [2.24, 2.45) is 5.41 Å². The number of aryl methyl sites for hydroxylation is 1. The Balaban J connectivity index is 1.98. The van der Waals surface area contributed by atoms with Gasteiger partial charge in [-0.05, 0) is 25.2 Å². The summed E-state index contributed by atoms with van der Waals surface area (Å²) >= 11 is 1.43. The van der Waals surface area contributed by atoms with Crippen LogP contribution in [0.2, 0.25) is 0 Å². The molecule has 0 unspecified atom stereocenters. The van der Waals surface area contributed by atoms with E-state index in [0.717, 1.165) is 12.8 Å². The number of carbonyl (C=O) groups is 1. The Morgan fingerprint density at radius 3 is 2.88 bits per heavy atom. The third-order valence-electron chi connectivity index (χ3n) is 2.85. The molecule has 1 aliphatic rings. The molecule has 1 aromatic heterocycles. The second-order valence-electron chi connectivity index (χ2n) is 4.55. The largest absolute Gasteiger partial charge is 0.481 e. The predicted octanol–water partition coefficient (Wildman–Crippen LogP) is 1.43. The molecule has 0 aromatic carbocycles. The molecule has 1 saturated carbocycles. The second-order valence-corrected chi connectivity index (χ2v) is 5.52. The number of carboxylic acid groups (broad SMARTS) is 1. The summed E-state index contributed by atoms with van der Waals surface area (Å²) in [4.78, 5) is 28.8. The fraction of sp³-hybridized carbons (Fsp3) is 0.545. The molecule has 0 saturated heterocycles. The van der Waals surface area contributed by atoms with Gasteiger partial charge >= 0.3 is 5.97 Å². The van der Waals surface area contributed by atoms with E-state index in [2.05, 4.69) is 9.97 Å². The highest BCUT2D eigenvalue weighted by Gasteiger charge is 2.44. The lowest BCUT2D eigenvalue weighted by atomic mass is 10.1. The van der Waals surface area contributed by atoms with Crippen molar-refractivity contribution in [2.45, 2.75) is 31.3 Å². The lowest BCUT2D eigenvalue weighted by Crippen LogP contribution is -2.13. The standard InChI is InChI=1S/C11H14N2O3S/c1-7-4-8(14)13-10(12-7)17-6-11(2-3-11)5-9(15)16/h4H,2-3,5-6H2,1H3,(H,15,16)(H,12,13,14). The molecule has 0 spiro atoms. The summed E-state index contributed by atoms with van der Waals surface area (Å²) in [6.45, 7) is 1.77. The number of thioether (sulfide) groups is 1. The Bertz CT molecular complexity index is 494. The highest BCUT2D eigenvalue weighted by atomic mass is 32.2. The normalized spacial score (nSPS) is 16.8. The van der Waals surface area contributed by atoms with Gasteiger partial charge in [-0.25, -0.2) is 4.98 Å². The fourth-order valence-electron chi connectivity index (χ4n) is 1.71. The van der Waals surface area contributed by atoms with Crippen molar-refractivity contribution < 1.29 is 9.90 Å². The van der Waals surface area contributed by atoms with Crippen molar-refractivity contribution >= 4 is 17.7 Å². The van der Waals surface area contributed by atoms with Crippen LogP contribution in [0, 0.1) is 12.3 Å². The number of aliphatic carboxylic acids is 1. The van der Waals surface area contributed by atoms with Crippen LogP contribution in [0.15, 0.2) is 16.0 Å². The smallest absolute Gasteiger partial charge is 0.303 e. The summed E-state index contributed by atoms with van der Waals surface area (Å²) in [7, 11) is 0. The number of carboxylic acids is 1. The van der Waals surface area contributed by atoms with Crippen LogP contribution in [-0.2, 0) is 4.79 Å². The molecule has 1 aliphatic carbocycles. The Hall–Kier alpha value is -1.30. The van der Waals surface area contributed by atoms with E-state index in [1.807, 2.05) is 0 Å². The summed E-state index contributed by atoms with van der Waals surface area (Å²) in [5.41, 5.74) is 0.432. The molecule has 0 atom stereocenters. The van der Waals surface area contributed by atoms with Gasteiger partial charge in [0.2, 0.25) is 0 Å². The molecule has 0 aliphatic heterocycles. The first-order valence-corrected chi connectivity index (χ1v) is 6.40. The van der Waals surface area contributed by atoms with Gasteiger partial charge in [-0.2, -0.15) is 0 Å². The number of aromatic amines is 1. The van der Waals surface area contributed by atoms with Crippen LogP contribution >= 0.6 is 11.8 Å². The molecular weight excluding hydrogens is 240 g/mol. The molecular formula is C11H14N2O3S. The molecule has 5 nitrogen and oxygen atoms in total. The van der Waals surface area contributed by atoms with E-state index in [4.69, 9.17) is 5.11 Å². The monoisotopic (exact) mass is 254 g/mol. The second kappa shape index (κ2) is 4.52. The van der Waals surface area contributed by atoms with Crippen LogP contribution in [0.1, 0.15) is 25.0 Å². The van der Waals surface area contributed by atoms with Crippen LogP contribution in [0.3, 0.4) is 0 Å². The minimum Gasteiger partial charge on any atom is -0.481 e. The predicted molar refractivity (Wildman–Crippen MR) is 64.2 cm³/mol. The van der Waals surface area contributed by atoms with E-state index in [-0.39, 0.29) is 17.4 Å². The van der Waals surface area contributed by atoms with Gasteiger partial charge in [0.05, 0.1) is 6.42 Å². The Morgan fingerprint density at radius 1 is 1.65 bits per heavy atom. The molecule has 6 heteroatoms. The minimum absolute atomic E-state index is 0.0845. The average molecular weight is 254 g/mol. The SMILES string of the molecule is Cc1cc(=O)[nH]c(SCC2(CC(=O)O)CC2)n1. The van der Waals surface area contributed by atoms with Crippen molar-refractivity contribution in [2.75, 3.05) is 5.75 Å². The number of hydrogen-bond acceptors (Lipinski definition) is 4. The summed E-state index contributed by atoms with van der Waals surface area (Å²) < 4.78 is 0. The molecule has 0 bridgehead atoms. The number of nitrogens with one attached hydrogen (secondary N) is 1. The van der Waals surface area contributed by atoms with Crippen LogP contribution in [-0.4, -0.2) is 26.8 Å². The molecule has 0 amide bonds. The van der Waals surface area contributed by atoms with Crippen LogP contribution in [0.25, 0.3) is 0 Å². The van der Waals surface area contributed by atoms with Gasteiger partial charge in [0.15, 0.2) is 5.16 Å². The van der Waals surface area contributed by atoms with E-state index < -0.39 is 5.97 Å². The summed E-state index contributed by atoms with van der Waals surface area (Å²) in [6.07, 6.45) is 2.10. The maximum Gasteiger partial charge on any atom is 0.303 e. The summed E-state index contributed by atoms with van der Waals surface area (Å²) in [6, 6.07) is 1.44. The minimum atomic E-state index is -0.756. The topological polar surface area (TPSA) is 83.0 Å². The van der Waals surface area contributed by atoms with E-state index in [0.29, 0.717) is 16.6 Å². The van der Waals surface area contributed by atoms with E-state index >= 15 is 0 Å². The quantitative estimate of drug-likeness (QED) is 0.613. The van der Waals surface area contributed by atoms with Crippen molar-refractivity contribution in [1.82, 2.24) is 9.97 Å². The Morgan fingerprint density at radius 2 is 2.35 bits per heavy atom. The van der Waals surface area contributed by atoms with Gasteiger partial charge in [0, 0.05) is 17.5 Å². The number of aromatic nitrogens is 2. The molecule has 2 N–H and O–H groups in total. The highest BCUT2D eigenvalue weighted by Crippen LogP contribution is 2.51. The number of H-pyrrole nitrogens is 1. The zero-order valence-corrected chi connectivity index (χ0v) is 10.3. The Kier molecular flexibility index (Phi) is 3.24. The zero-order chi connectivity index (χ0) is 12.5. The highest BCUT2D eigenvalue weighted by molar-refractivity contribution is 7.99. The third kappa shape index (κ3) is 3.33. The van der Waals surface area contributed by atoms with Crippen LogP contribution in [0.5, 0.6) is 0 Å².